The van der Waals surface area contributed by atoms with Gasteiger partial charge in [0.1, 0.15) is 6.10 Å². The van der Waals surface area contributed by atoms with Gasteiger partial charge in [0.2, 0.25) is 0 Å². The standard InChI is InChI=1S/C12H11NO2/c13-8-9-3-1-4-10(7-9)12(14)11-5-2-6-15-11/h1,3-4,7,11H,2,5-6H2. The number of benzene rings is 1. The fourth-order valence-corrected chi connectivity index (χ4v) is 1.71. The van der Waals surface area contributed by atoms with Gasteiger partial charge < -0.3 is 4.74 Å². The topological polar surface area (TPSA) is 50.1 Å². The maximum absolute atomic E-state index is 11.9. The van der Waals surface area contributed by atoms with Crippen LogP contribution < -0.4 is 0 Å². The molecule has 0 spiro atoms. The molecule has 1 atom stereocenters. The Hall–Kier alpha value is -1.66. The molecule has 0 aromatic heterocycles. The van der Waals surface area contributed by atoms with E-state index in [1.54, 1.807) is 24.3 Å². The highest BCUT2D eigenvalue weighted by Crippen LogP contribution is 2.17. The molecule has 1 heterocycles. The van der Waals surface area contributed by atoms with Crippen molar-refractivity contribution in [3.8, 4) is 6.07 Å². The van der Waals surface area contributed by atoms with Crippen LogP contribution in [0, 0.1) is 11.3 Å². The molecule has 1 fully saturated rings. The van der Waals surface area contributed by atoms with Crippen molar-refractivity contribution in [3.05, 3.63) is 35.4 Å². The van der Waals surface area contributed by atoms with Crippen LogP contribution >= 0.6 is 0 Å². The Morgan fingerprint density at radius 2 is 2.40 bits per heavy atom. The Bertz CT molecular complexity index is 414. The summed E-state index contributed by atoms with van der Waals surface area (Å²) in [6.07, 6.45) is 1.42. The van der Waals surface area contributed by atoms with Gasteiger partial charge in [-0.15, -0.1) is 0 Å². The van der Waals surface area contributed by atoms with E-state index in [4.69, 9.17) is 10.00 Å². The average molecular weight is 201 g/mol. The number of carbonyl (C=O) groups excluding carboxylic acids is 1. The molecule has 0 bridgehead atoms. The maximum atomic E-state index is 11.9. The van der Waals surface area contributed by atoms with Crippen molar-refractivity contribution in [1.29, 1.82) is 5.26 Å². The second-order valence-corrected chi connectivity index (χ2v) is 3.56. The van der Waals surface area contributed by atoms with Gasteiger partial charge in [0.05, 0.1) is 11.6 Å². The fraction of sp³-hybridized carbons (Fsp3) is 0.333. The summed E-state index contributed by atoms with van der Waals surface area (Å²) in [4.78, 5) is 11.9. The van der Waals surface area contributed by atoms with Gasteiger partial charge in [0.15, 0.2) is 5.78 Å². The summed E-state index contributed by atoms with van der Waals surface area (Å²) in [5.74, 6) is -0.00963. The first-order chi connectivity index (χ1) is 7.31. The van der Waals surface area contributed by atoms with Crippen LogP contribution in [0.15, 0.2) is 24.3 Å². The molecule has 0 N–H and O–H groups in total. The van der Waals surface area contributed by atoms with Gasteiger partial charge >= 0.3 is 0 Å². The van der Waals surface area contributed by atoms with Crippen molar-refractivity contribution in [2.75, 3.05) is 6.61 Å². The van der Waals surface area contributed by atoms with E-state index >= 15 is 0 Å². The van der Waals surface area contributed by atoms with Crippen LogP contribution in [-0.4, -0.2) is 18.5 Å². The van der Waals surface area contributed by atoms with Gasteiger partial charge in [-0.05, 0) is 25.0 Å². The van der Waals surface area contributed by atoms with Crippen molar-refractivity contribution in [1.82, 2.24) is 0 Å². The van der Waals surface area contributed by atoms with Gasteiger partial charge in [-0.25, -0.2) is 0 Å². The average Bonchev–Trinajstić information content (AvgIpc) is 2.81. The van der Waals surface area contributed by atoms with E-state index in [-0.39, 0.29) is 11.9 Å². The largest absolute Gasteiger partial charge is 0.370 e. The Labute approximate surface area is 88.3 Å². The zero-order valence-corrected chi connectivity index (χ0v) is 8.27. The van der Waals surface area contributed by atoms with Crippen molar-refractivity contribution in [3.63, 3.8) is 0 Å². The predicted molar refractivity (Wildman–Crippen MR) is 54.5 cm³/mol. The third-order valence-corrected chi connectivity index (χ3v) is 2.50. The second-order valence-electron chi connectivity index (χ2n) is 3.56. The number of hydrogen-bond donors (Lipinski definition) is 0. The fourth-order valence-electron chi connectivity index (χ4n) is 1.71. The van der Waals surface area contributed by atoms with Crippen molar-refractivity contribution < 1.29 is 9.53 Å². The number of rotatable bonds is 2. The quantitative estimate of drug-likeness (QED) is 0.687. The lowest BCUT2D eigenvalue weighted by atomic mass is 10.0. The molecule has 3 nitrogen and oxygen atoms in total. The SMILES string of the molecule is N#Cc1cccc(C(=O)C2CCCO2)c1. The molecular weight excluding hydrogens is 190 g/mol. The summed E-state index contributed by atoms with van der Waals surface area (Å²) in [6.45, 7) is 0.661. The molecule has 15 heavy (non-hydrogen) atoms. The zero-order chi connectivity index (χ0) is 10.7. The highest BCUT2D eigenvalue weighted by Gasteiger charge is 2.24. The van der Waals surface area contributed by atoms with E-state index < -0.39 is 0 Å². The van der Waals surface area contributed by atoms with Crippen molar-refractivity contribution in [2.24, 2.45) is 0 Å². The predicted octanol–water partition coefficient (Wildman–Crippen LogP) is 1.92. The summed E-state index contributed by atoms with van der Waals surface area (Å²) in [5, 5.41) is 8.72. The third-order valence-electron chi connectivity index (χ3n) is 2.50. The van der Waals surface area contributed by atoms with Crippen LogP contribution in [-0.2, 0) is 4.74 Å². The number of nitriles is 1. The Kier molecular flexibility index (Phi) is 2.79. The first-order valence-corrected chi connectivity index (χ1v) is 4.97. The van der Waals surface area contributed by atoms with E-state index in [1.807, 2.05) is 6.07 Å². The molecule has 0 radical (unpaired) electrons. The summed E-state index contributed by atoms with van der Waals surface area (Å²) >= 11 is 0. The van der Waals surface area contributed by atoms with Crippen molar-refractivity contribution >= 4 is 5.78 Å². The minimum Gasteiger partial charge on any atom is -0.370 e. The Balaban J connectivity index is 2.21. The highest BCUT2D eigenvalue weighted by molar-refractivity contribution is 5.99. The molecule has 1 saturated heterocycles. The number of hydrogen-bond acceptors (Lipinski definition) is 3. The molecule has 1 aliphatic heterocycles. The molecular formula is C12H11NO2. The summed E-state index contributed by atoms with van der Waals surface area (Å²) in [7, 11) is 0. The van der Waals surface area contributed by atoms with Crippen LogP contribution in [0.3, 0.4) is 0 Å². The second kappa shape index (κ2) is 4.24. The zero-order valence-electron chi connectivity index (χ0n) is 8.27. The first kappa shape index (κ1) is 9.88. The molecule has 0 saturated carbocycles. The summed E-state index contributed by atoms with van der Waals surface area (Å²) in [5.41, 5.74) is 1.08. The van der Waals surface area contributed by atoms with Gasteiger partial charge in [-0.2, -0.15) is 5.26 Å². The molecule has 0 aliphatic carbocycles. The molecule has 2 rings (SSSR count). The van der Waals surface area contributed by atoms with E-state index in [0.29, 0.717) is 17.7 Å². The lowest BCUT2D eigenvalue weighted by molar-refractivity contribution is 0.0643. The molecule has 1 aromatic carbocycles. The lowest BCUT2D eigenvalue weighted by Crippen LogP contribution is -2.19. The van der Waals surface area contributed by atoms with Gasteiger partial charge in [-0.1, -0.05) is 12.1 Å². The van der Waals surface area contributed by atoms with Gasteiger partial charge in [0, 0.05) is 12.2 Å². The summed E-state index contributed by atoms with van der Waals surface area (Å²) in [6, 6.07) is 8.77. The molecule has 76 valence electrons. The van der Waals surface area contributed by atoms with Gasteiger partial charge in [0.25, 0.3) is 0 Å². The summed E-state index contributed by atoms with van der Waals surface area (Å²) < 4.78 is 5.31. The van der Waals surface area contributed by atoms with E-state index in [2.05, 4.69) is 0 Å². The number of ketones is 1. The van der Waals surface area contributed by atoms with E-state index in [9.17, 15) is 4.79 Å². The smallest absolute Gasteiger partial charge is 0.191 e. The number of nitrogens with zero attached hydrogens (tertiary/aromatic N) is 1. The Morgan fingerprint density at radius 3 is 3.07 bits per heavy atom. The molecule has 0 amide bonds. The van der Waals surface area contributed by atoms with Gasteiger partial charge in [-0.3, -0.25) is 4.79 Å². The highest BCUT2D eigenvalue weighted by atomic mass is 16.5. The van der Waals surface area contributed by atoms with Crippen molar-refractivity contribution in [2.45, 2.75) is 18.9 Å². The molecule has 1 aromatic rings. The van der Waals surface area contributed by atoms with Crippen LogP contribution in [0.1, 0.15) is 28.8 Å². The monoisotopic (exact) mass is 201 g/mol. The van der Waals surface area contributed by atoms with Crippen LogP contribution in [0.2, 0.25) is 0 Å². The third kappa shape index (κ3) is 2.05. The van der Waals surface area contributed by atoms with Crippen LogP contribution in [0.4, 0.5) is 0 Å². The molecule has 1 unspecified atom stereocenters. The first-order valence-electron chi connectivity index (χ1n) is 4.97. The molecule has 1 aliphatic rings. The number of carbonyl (C=O) groups is 1. The molecule has 3 heteroatoms. The van der Waals surface area contributed by atoms with E-state index in [1.165, 1.54) is 0 Å². The maximum Gasteiger partial charge on any atom is 0.191 e. The van der Waals surface area contributed by atoms with E-state index in [0.717, 1.165) is 12.8 Å². The minimum absolute atomic E-state index is 0.00963. The van der Waals surface area contributed by atoms with Crippen LogP contribution in [0.5, 0.6) is 0 Å². The Morgan fingerprint density at radius 1 is 1.53 bits per heavy atom. The number of Topliss-reactive ketones (excluding diaryl/α,β-unsaturated/α-hetero) is 1. The lowest BCUT2D eigenvalue weighted by Gasteiger charge is -2.07. The normalized spacial score (nSPS) is 19.8. The van der Waals surface area contributed by atoms with Crippen LogP contribution in [0.25, 0.3) is 0 Å². The minimum atomic E-state index is -0.307. The number of ether oxygens (including phenoxy) is 1.